The highest BCUT2D eigenvalue weighted by molar-refractivity contribution is 5.78. The molecule has 34 heavy (non-hydrogen) atoms. The van der Waals surface area contributed by atoms with Crippen molar-refractivity contribution in [3.63, 3.8) is 0 Å². The minimum absolute atomic E-state index is 0.233. The number of phenols is 1. The van der Waals surface area contributed by atoms with Gasteiger partial charge >= 0.3 is 0 Å². The molecular weight excluding hydrogens is 432 g/mol. The molecule has 0 bridgehead atoms. The van der Waals surface area contributed by atoms with E-state index in [4.69, 9.17) is 19.4 Å². The second kappa shape index (κ2) is 9.08. The van der Waals surface area contributed by atoms with Crippen molar-refractivity contribution in [3.05, 3.63) is 48.2 Å². The maximum atomic E-state index is 10.1. The van der Waals surface area contributed by atoms with Crippen LogP contribution in [-0.2, 0) is 15.9 Å². The number of benzene rings is 1. The van der Waals surface area contributed by atoms with Crippen molar-refractivity contribution >= 4 is 23.3 Å². The van der Waals surface area contributed by atoms with Gasteiger partial charge in [-0.2, -0.15) is 4.98 Å². The predicted octanol–water partition coefficient (Wildman–Crippen LogP) is 2.61. The summed E-state index contributed by atoms with van der Waals surface area (Å²) < 4.78 is 11.0. The summed E-state index contributed by atoms with van der Waals surface area (Å²) in [5.74, 6) is 2.82. The van der Waals surface area contributed by atoms with Crippen LogP contribution in [-0.4, -0.2) is 79.2 Å². The number of ether oxygens (including phenoxy) is 2. The van der Waals surface area contributed by atoms with E-state index in [2.05, 4.69) is 25.8 Å². The van der Waals surface area contributed by atoms with Crippen LogP contribution >= 0.6 is 0 Å². The third kappa shape index (κ3) is 4.01. The Morgan fingerprint density at radius 2 is 1.59 bits per heavy atom. The first kappa shape index (κ1) is 21.1. The van der Waals surface area contributed by atoms with Crippen molar-refractivity contribution in [2.45, 2.75) is 6.42 Å². The number of rotatable bonds is 4. The Bertz CT molecular complexity index is 1180. The van der Waals surface area contributed by atoms with Crippen molar-refractivity contribution in [1.82, 2.24) is 15.0 Å². The van der Waals surface area contributed by atoms with Crippen LogP contribution in [0.5, 0.6) is 5.75 Å². The SMILES string of the molecule is Oc1cccc(-c2nc(N3CCOCC3)nc3c2CCN3c2ccnc(N3CCOCC3)c2)c1. The van der Waals surface area contributed by atoms with Crippen LogP contribution in [0.3, 0.4) is 0 Å². The summed E-state index contributed by atoms with van der Waals surface area (Å²) in [5.41, 5.74) is 3.96. The number of hydrogen-bond donors (Lipinski definition) is 1. The number of aromatic hydroxyl groups is 1. The van der Waals surface area contributed by atoms with Crippen molar-refractivity contribution in [3.8, 4) is 17.0 Å². The summed E-state index contributed by atoms with van der Waals surface area (Å²) in [4.78, 5) is 21.4. The van der Waals surface area contributed by atoms with Crippen molar-refractivity contribution in [2.75, 3.05) is 73.9 Å². The minimum atomic E-state index is 0.233. The molecule has 0 aliphatic carbocycles. The molecule has 0 spiro atoms. The molecule has 0 unspecified atom stereocenters. The van der Waals surface area contributed by atoms with Gasteiger partial charge in [0.25, 0.3) is 0 Å². The average Bonchev–Trinajstić information content (AvgIpc) is 3.33. The molecule has 9 nitrogen and oxygen atoms in total. The highest BCUT2D eigenvalue weighted by Crippen LogP contribution is 2.40. The normalized spacial score (nSPS) is 18.3. The van der Waals surface area contributed by atoms with Crippen LogP contribution in [0.15, 0.2) is 42.6 Å². The van der Waals surface area contributed by atoms with Crippen LogP contribution in [0.4, 0.5) is 23.3 Å². The Morgan fingerprint density at radius 1 is 0.824 bits per heavy atom. The van der Waals surface area contributed by atoms with E-state index >= 15 is 0 Å². The zero-order chi connectivity index (χ0) is 22.9. The van der Waals surface area contributed by atoms with Crippen LogP contribution in [0.2, 0.25) is 0 Å². The maximum Gasteiger partial charge on any atom is 0.228 e. The lowest BCUT2D eigenvalue weighted by atomic mass is 10.1. The number of anilines is 4. The topological polar surface area (TPSA) is 87.1 Å². The molecule has 1 N–H and O–H groups in total. The van der Waals surface area contributed by atoms with Gasteiger partial charge in [0.05, 0.1) is 32.1 Å². The first-order chi connectivity index (χ1) is 16.8. The van der Waals surface area contributed by atoms with Crippen LogP contribution < -0.4 is 14.7 Å². The van der Waals surface area contributed by atoms with E-state index in [0.717, 1.165) is 86.5 Å². The van der Waals surface area contributed by atoms with Gasteiger partial charge in [-0.25, -0.2) is 9.97 Å². The van der Waals surface area contributed by atoms with E-state index in [0.29, 0.717) is 19.2 Å². The molecule has 3 aliphatic rings. The fraction of sp³-hybridized carbons (Fsp3) is 0.400. The van der Waals surface area contributed by atoms with E-state index in [-0.39, 0.29) is 5.75 Å². The van der Waals surface area contributed by atoms with Gasteiger partial charge in [-0.15, -0.1) is 0 Å². The molecular formula is C25H28N6O3. The Hall–Kier alpha value is -3.43. The van der Waals surface area contributed by atoms with E-state index in [1.165, 1.54) is 0 Å². The molecule has 176 valence electrons. The first-order valence-electron chi connectivity index (χ1n) is 11.9. The van der Waals surface area contributed by atoms with Crippen molar-refractivity contribution in [1.29, 1.82) is 0 Å². The lowest BCUT2D eigenvalue weighted by molar-refractivity contribution is 0.122. The highest BCUT2D eigenvalue weighted by Gasteiger charge is 2.29. The van der Waals surface area contributed by atoms with Gasteiger partial charge in [-0.3, -0.25) is 0 Å². The largest absolute Gasteiger partial charge is 0.508 e. The van der Waals surface area contributed by atoms with Gasteiger partial charge in [0, 0.05) is 61.8 Å². The van der Waals surface area contributed by atoms with Gasteiger partial charge < -0.3 is 29.3 Å². The lowest BCUT2D eigenvalue weighted by Gasteiger charge is -2.29. The van der Waals surface area contributed by atoms with E-state index < -0.39 is 0 Å². The summed E-state index contributed by atoms with van der Waals surface area (Å²) in [5, 5.41) is 10.1. The third-order valence-electron chi connectivity index (χ3n) is 6.60. The Morgan fingerprint density at radius 3 is 2.35 bits per heavy atom. The van der Waals surface area contributed by atoms with Crippen molar-refractivity contribution in [2.24, 2.45) is 0 Å². The number of phenolic OH excluding ortho intramolecular Hbond substituents is 1. The number of fused-ring (bicyclic) bond motifs is 1. The zero-order valence-corrected chi connectivity index (χ0v) is 19.1. The number of hydrogen-bond acceptors (Lipinski definition) is 9. The molecule has 2 fully saturated rings. The number of morpholine rings is 2. The van der Waals surface area contributed by atoms with Gasteiger partial charge in [0.2, 0.25) is 5.95 Å². The lowest BCUT2D eigenvalue weighted by Crippen LogP contribution is -2.37. The number of nitrogens with zero attached hydrogens (tertiary/aromatic N) is 6. The first-order valence-corrected chi connectivity index (χ1v) is 11.9. The summed E-state index contributed by atoms with van der Waals surface area (Å²) in [6, 6.07) is 11.5. The molecule has 0 amide bonds. The van der Waals surface area contributed by atoms with Crippen molar-refractivity contribution < 1.29 is 14.6 Å². The smallest absolute Gasteiger partial charge is 0.228 e. The van der Waals surface area contributed by atoms with Gasteiger partial charge in [-0.05, 0) is 24.6 Å². The molecule has 3 aromatic rings. The molecule has 0 radical (unpaired) electrons. The third-order valence-corrected chi connectivity index (χ3v) is 6.60. The monoisotopic (exact) mass is 460 g/mol. The molecule has 0 atom stereocenters. The highest BCUT2D eigenvalue weighted by atomic mass is 16.5. The van der Waals surface area contributed by atoms with Gasteiger partial charge in [0.1, 0.15) is 17.4 Å². The minimum Gasteiger partial charge on any atom is -0.508 e. The molecule has 0 saturated carbocycles. The van der Waals surface area contributed by atoms with Crippen LogP contribution in [0.25, 0.3) is 11.3 Å². The van der Waals surface area contributed by atoms with E-state index in [1.54, 1.807) is 12.1 Å². The molecule has 2 aromatic heterocycles. The predicted molar refractivity (Wildman–Crippen MR) is 130 cm³/mol. The Balaban J connectivity index is 1.42. The number of pyridine rings is 1. The summed E-state index contributed by atoms with van der Waals surface area (Å²) in [6.07, 6.45) is 2.71. The second-order valence-electron chi connectivity index (χ2n) is 8.70. The molecule has 3 aliphatic heterocycles. The van der Waals surface area contributed by atoms with Gasteiger partial charge in [0.15, 0.2) is 0 Å². The fourth-order valence-electron chi connectivity index (χ4n) is 4.83. The standard InChI is InChI=1S/C25H28N6O3/c32-20-3-1-2-18(16-20)23-21-5-7-31(24(21)28-25(27-23)30-10-14-34-15-11-30)19-4-6-26-22(17-19)29-8-12-33-13-9-29/h1-4,6,16-17,32H,5,7-15H2. The molecule has 6 rings (SSSR count). The quantitative estimate of drug-likeness (QED) is 0.631. The summed E-state index contributed by atoms with van der Waals surface area (Å²) in [6.45, 7) is 6.80. The summed E-state index contributed by atoms with van der Waals surface area (Å²) in [7, 11) is 0. The molecule has 1 aromatic carbocycles. The second-order valence-corrected chi connectivity index (χ2v) is 8.70. The maximum absolute atomic E-state index is 10.1. The van der Waals surface area contributed by atoms with Crippen LogP contribution in [0, 0.1) is 0 Å². The zero-order valence-electron chi connectivity index (χ0n) is 19.1. The molecule has 9 heteroatoms. The average molecular weight is 461 g/mol. The van der Waals surface area contributed by atoms with Crippen LogP contribution in [0.1, 0.15) is 5.56 Å². The fourth-order valence-corrected chi connectivity index (χ4v) is 4.83. The Kier molecular flexibility index (Phi) is 5.64. The van der Waals surface area contributed by atoms with E-state index in [1.807, 2.05) is 24.4 Å². The summed E-state index contributed by atoms with van der Waals surface area (Å²) >= 11 is 0. The van der Waals surface area contributed by atoms with E-state index in [9.17, 15) is 5.11 Å². The molecule has 5 heterocycles. The molecule has 2 saturated heterocycles. The number of aromatic nitrogens is 3. The Labute approximate surface area is 198 Å². The van der Waals surface area contributed by atoms with Gasteiger partial charge in [-0.1, -0.05) is 12.1 Å².